The van der Waals surface area contributed by atoms with E-state index in [0.29, 0.717) is 24.7 Å². The number of hydrogen-bond acceptors (Lipinski definition) is 8. The second kappa shape index (κ2) is 6.65. The summed E-state index contributed by atoms with van der Waals surface area (Å²) in [4.78, 5) is 29.4. The highest BCUT2D eigenvalue weighted by atomic mass is 16.6. The average molecular weight is 329 g/mol. The first-order valence-electron chi connectivity index (χ1n) is 7.65. The third kappa shape index (κ3) is 3.05. The van der Waals surface area contributed by atoms with Gasteiger partial charge in [0.05, 0.1) is 4.92 Å². The fraction of sp³-hybridized carbons (Fsp3) is 0.400. The van der Waals surface area contributed by atoms with Gasteiger partial charge in [0, 0.05) is 46.5 Å². The van der Waals surface area contributed by atoms with Crippen LogP contribution < -0.4 is 14.7 Å². The molecule has 0 bridgehead atoms. The monoisotopic (exact) mass is 329 g/mol. The van der Waals surface area contributed by atoms with Crippen LogP contribution in [-0.2, 0) is 0 Å². The van der Waals surface area contributed by atoms with Gasteiger partial charge in [0.25, 0.3) is 0 Å². The molecular weight excluding hydrogens is 310 g/mol. The number of hydrogen-bond donors (Lipinski definition) is 0. The van der Waals surface area contributed by atoms with Gasteiger partial charge in [0.1, 0.15) is 12.1 Å². The Hall–Kier alpha value is -2.97. The molecule has 9 nitrogen and oxygen atoms in total. The van der Waals surface area contributed by atoms with E-state index in [1.54, 1.807) is 25.2 Å². The molecule has 126 valence electrons. The van der Waals surface area contributed by atoms with Gasteiger partial charge >= 0.3 is 5.69 Å². The van der Waals surface area contributed by atoms with Crippen LogP contribution in [-0.4, -0.2) is 60.1 Å². The molecular formula is C15H19N7O2. The van der Waals surface area contributed by atoms with Gasteiger partial charge in [-0.3, -0.25) is 10.1 Å². The summed E-state index contributed by atoms with van der Waals surface area (Å²) in [6, 6.07) is 5.80. The number of pyridine rings is 1. The Morgan fingerprint density at radius 1 is 1.08 bits per heavy atom. The van der Waals surface area contributed by atoms with Crippen LogP contribution in [0.2, 0.25) is 0 Å². The summed E-state index contributed by atoms with van der Waals surface area (Å²) in [5.41, 5.74) is -0.0474. The summed E-state index contributed by atoms with van der Waals surface area (Å²) in [5.74, 6) is 1.61. The normalized spacial score (nSPS) is 14.6. The third-order valence-electron chi connectivity index (χ3n) is 3.94. The molecule has 0 amide bonds. The van der Waals surface area contributed by atoms with Gasteiger partial charge < -0.3 is 14.7 Å². The maximum absolute atomic E-state index is 11.5. The molecule has 0 atom stereocenters. The summed E-state index contributed by atoms with van der Waals surface area (Å²) in [5, 5.41) is 11.5. The van der Waals surface area contributed by atoms with Crippen molar-refractivity contribution in [2.75, 3.05) is 55.0 Å². The molecule has 1 saturated heterocycles. The zero-order chi connectivity index (χ0) is 17.1. The Morgan fingerprint density at radius 2 is 1.79 bits per heavy atom. The quantitative estimate of drug-likeness (QED) is 0.610. The number of anilines is 3. The van der Waals surface area contributed by atoms with E-state index in [0.717, 1.165) is 18.9 Å². The summed E-state index contributed by atoms with van der Waals surface area (Å²) >= 11 is 0. The molecule has 0 saturated carbocycles. The van der Waals surface area contributed by atoms with E-state index >= 15 is 0 Å². The fourth-order valence-electron chi connectivity index (χ4n) is 2.77. The second-order valence-corrected chi connectivity index (χ2v) is 5.68. The van der Waals surface area contributed by atoms with Crippen molar-refractivity contribution in [1.29, 1.82) is 0 Å². The lowest BCUT2D eigenvalue weighted by molar-refractivity contribution is -0.383. The number of nitro groups is 1. The predicted octanol–water partition coefficient (Wildman–Crippen LogP) is 1.17. The van der Waals surface area contributed by atoms with Crippen molar-refractivity contribution in [3.8, 4) is 0 Å². The molecule has 0 unspecified atom stereocenters. The van der Waals surface area contributed by atoms with Crippen molar-refractivity contribution in [1.82, 2.24) is 15.0 Å². The zero-order valence-electron chi connectivity index (χ0n) is 13.7. The summed E-state index contributed by atoms with van der Waals surface area (Å²) in [7, 11) is 3.47. The summed E-state index contributed by atoms with van der Waals surface area (Å²) in [6.07, 6.45) is 3.14. The first-order chi connectivity index (χ1) is 11.6. The minimum atomic E-state index is -0.407. The molecule has 1 aliphatic heterocycles. The van der Waals surface area contributed by atoms with Crippen molar-refractivity contribution >= 4 is 23.1 Å². The maximum Gasteiger partial charge on any atom is 0.353 e. The third-order valence-corrected chi connectivity index (χ3v) is 3.94. The molecule has 2 aromatic rings. The Bertz CT molecular complexity index is 715. The SMILES string of the molecule is CN(C)c1ncnc(N2CCN(c3ccccn3)CC2)c1[N+](=O)[O-]. The smallest absolute Gasteiger partial charge is 0.353 e. The van der Waals surface area contributed by atoms with E-state index in [1.807, 2.05) is 23.1 Å². The minimum absolute atomic E-state index is 0.0474. The van der Waals surface area contributed by atoms with Crippen molar-refractivity contribution in [2.24, 2.45) is 0 Å². The van der Waals surface area contributed by atoms with Crippen molar-refractivity contribution in [3.05, 3.63) is 40.8 Å². The first kappa shape index (κ1) is 15.9. The van der Waals surface area contributed by atoms with E-state index in [1.165, 1.54) is 6.33 Å². The number of rotatable bonds is 4. The predicted molar refractivity (Wildman–Crippen MR) is 91.7 cm³/mol. The van der Waals surface area contributed by atoms with Gasteiger partial charge in [-0.25, -0.2) is 15.0 Å². The van der Waals surface area contributed by atoms with Crippen molar-refractivity contribution < 1.29 is 4.92 Å². The topological polar surface area (TPSA) is 91.5 Å². The minimum Gasteiger partial charge on any atom is -0.357 e. The molecule has 2 aromatic heterocycles. The van der Waals surface area contributed by atoms with E-state index in [-0.39, 0.29) is 5.69 Å². The van der Waals surface area contributed by atoms with E-state index in [2.05, 4.69) is 19.9 Å². The molecule has 3 heterocycles. The molecule has 0 radical (unpaired) electrons. The summed E-state index contributed by atoms with van der Waals surface area (Å²) < 4.78 is 0. The first-order valence-corrected chi connectivity index (χ1v) is 7.65. The van der Waals surface area contributed by atoms with Gasteiger partial charge in [-0.2, -0.15) is 0 Å². The Kier molecular flexibility index (Phi) is 4.41. The zero-order valence-corrected chi connectivity index (χ0v) is 13.7. The van der Waals surface area contributed by atoms with Crippen LogP contribution in [0.25, 0.3) is 0 Å². The van der Waals surface area contributed by atoms with E-state index < -0.39 is 4.92 Å². The molecule has 1 aliphatic rings. The van der Waals surface area contributed by atoms with Crippen LogP contribution in [0.4, 0.5) is 23.1 Å². The number of aromatic nitrogens is 3. The van der Waals surface area contributed by atoms with Gasteiger partial charge in [-0.1, -0.05) is 6.07 Å². The lowest BCUT2D eigenvalue weighted by atomic mass is 10.2. The molecule has 9 heteroatoms. The average Bonchev–Trinajstić information content (AvgIpc) is 2.62. The largest absolute Gasteiger partial charge is 0.357 e. The van der Waals surface area contributed by atoms with Gasteiger partial charge in [0.15, 0.2) is 0 Å². The Morgan fingerprint density at radius 3 is 2.38 bits per heavy atom. The standard InChI is InChI=1S/C15H19N7O2/c1-19(2)14-13(22(23)24)15(18-11-17-14)21-9-7-20(8-10-21)12-5-3-4-6-16-12/h3-6,11H,7-10H2,1-2H3. The van der Waals surface area contributed by atoms with Gasteiger partial charge in [-0.15, -0.1) is 0 Å². The molecule has 0 aliphatic carbocycles. The van der Waals surface area contributed by atoms with E-state index in [4.69, 9.17) is 0 Å². The van der Waals surface area contributed by atoms with E-state index in [9.17, 15) is 10.1 Å². The van der Waals surface area contributed by atoms with Gasteiger partial charge in [-0.05, 0) is 12.1 Å². The molecule has 1 fully saturated rings. The van der Waals surface area contributed by atoms with Crippen LogP contribution in [0.5, 0.6) is 0 Å². The lowest BCUT2D eigenvalue weighted by Gasteiger charge is -2.35. The second-order valence-electron chi connectivity index (χ2n) is 5.68. The Labute approximate surface area is 139 Å². The van der Waals surface area contributed by atoms with Crippen molar-refractivity contribution in [3.63, 3.8) is 0 Å². The van der Waals surface area contributed by atoms with Gasteiger partial charge in [0.2, 0.25) is 11.6 Å². The maximum atomic E-state index is 11.5. The van der Waals surface area contributed by atoms with Crippen molar-refractivity contribution in [2.45, 2.75) is 0 Å². The molecule has 0 N–H and O–H groups in total. The summed E-state index contributed by atoms with van der Waals surface area (Å²) in [6.45, 7) is 2.74. The van der Waals surface area contributed by atoms with Crippen LogP contribution in [0.1, 0.15) is 0 Å². The number of nitrogens with zero attached hydrogens (tertiary/aromatic N) is 7. The van der Waals surface area contributed by atoms with Crippen LogP contribution >= 0.6 is 0 Å². The lowest BCUT2D eigenvalue weighted by Crippen LogP contribution is -2.47. The highest BCUT2D eigenvalue weighted by molar-refractivity contribution is 5.71. The highest BCUT2D eigenvalue weighted by Crippen LogP contribution is 2.33. The molecule has 24 heavy (non-hydrogen) atoms. The molecule has 3 rings (SSSR count). The van der Waals surface area contributed by atoms with Crippen LogP contribution in [0, 0.1) is 10.1 Å². The fourth-order valence-corrected chi connectivity index (χ4v) is 2.77. The molecule has 0 spiro atoms. The van der Waals surface area contributed by atoms with Crippen LogP contribution in [0.3, 0.4) is 0 Å². The number of piperazine rings is 1. The van der Waals surface area contributed by atoms with Crippen LogP contribution in [0.15, 0.2) is 30.7 Å². The molecule has 0 aromatic carbocycles. The Balaban J connectivity index is 1.82. The highest BCUT2D eigenvalue weighted by Gasteiger charge is 2.30.